The van der Waals surface area contributed by atoms with Crippen LogP contribution in [0.2, 0.25) is 0 Å². The fraction of sp³-hybridized carbons (Fsp3) is 0.250. The van der Waals surface area contributed by atoms with Gasteiger partial charge in [0.25, 0.3) is 5.56 Å². The first kappa shape index (κ1) is 17.7. The highest BCUT2D eigenvalue weighted by atomic mass is 19.2. The standard InChI is InChI=1S/C16H15F3N2O3/c1-3-7-24-8-21-14(9(2)15(22)20-16(21)23)13(19)12-10(17)5-4-6-11(12)18/h3-6,13H,1,7-8H2,2H3,(H,20,22,23). The van der Waals surface area contributed by atoms with Gasteiger partial charge in [-0.3, -0.25) is 14.3 Å². The van der Waals surface area contributed by atoms with E-state index in [4.69, 9.17) is 4.74 Å². The molecule has 0 spiro atoms. The number of hydrogen-bond donors (Lipinski definition) is 1. The van der Waals surface area contributed by atoms with Crippen molar-refractivity contribution in [3.05, 3.63) is 80.1 Å². The van der Waals surface area contributed by atoms with Gasteiger partial charge >= 0.3 is 5.69 Å². The number of aromatic amines is 1. The first-order valence-corrected chi connectivity index (χ1v) is 6.98. The molecular formula is C16H15F3N2O3. The van der Waals surface area contributed by atoms with Crippen molar-refractivity contribution >= 4 is 0 Å². The SMILES string of the molecule is C=CCOCn1c(C(F)c2c(F)cccc2F)c(C)c(=O)[nH]c1=O. The molecule has 0 aliphatic heterocycles. The Morgan fingerprint density at radius 2 is 1.96 bits per heavy atom. The Morgan fingerprint density at radius 3 is 2.54 bits per heavy atom. The van der Waals surface area contributed by atoms with Crippen molar-refractivity contribution in [2.24, 2.45) is 0 Å². The molecule has 0 saturated carbocycles. The highest BCUT2D eigenvalue weighted by Crippen LogP contribution is 2.30. The molecule has 0 amide bonds. The average Bonchev–Trinajstić information content (AvgIpc) is 2.52. The monoisotopic (exact) mass is 340 g/mol. The molecule has 8 heteroatoms. The molecule has 2 rings (SSSR count). The van der Waals surface area contributed by atoms with Crippen LogP contribution in [0.15, 0.2) is 40.4 Å². The predicted octanol–water partition coefficient (Wildman–Crippen LogP) is 2.34. The lowest BCUT2D eigenvalue weighted by molar-refractivity contribution is 0.0910. The van der Waals surface area contributed by atoms with Crippen molar-refractivity contribution in [2.75, 3.05) is 6.61 Å². The van der Waals surface area contributed by atoms with Gasteiger partial charge in [0.1, 0.15) is 18.4 Å². The molecule has 0 aliphatic carbocycles. The molecular weight excluding hydrogens is 325 g/mol. The minimum absolute atomic E-state index is 0.0645. The van der Waals surface area contributed by atoms with Crippen molar-refractivity contribution in [3.63, 3.8) is 0 Å². The van der Waals surface area contributed by atoms with Crippen molar-refractivity contribution in [3.8, 4) is 0 Å². The molecule has 0 radical (unpaired) electrons. The summed E-state index contributed by atoms with van der Waals surface area (Å²) in [5, 5.41) is 0. The van der Waals surface area contributed by atoms with Gasteiger partial charge in [-0.1, -0.05) is 12.1 Å². The van der Waals surface area contributed by atoms with Gasteiger partial charge in [-0.2, -0.15) is 0 Å². The quantitative estimate of drug-likeness (QED) is 0.648. The lowest BCUT2D eigenvalue weighted by Gasteiger charge is -2.18. The van der Waals surface area contributed by atoms with Crippen LogP contribution in [0.25, 0.3) is 0 Å². The van der Waals surface area contributed by atoms with Crippen molar-refractivity contribution in [1.29, 1.82) is 0 Å². The highest BCUT2D eigenvalue weighted by Gasteiger charge is 2.27. The second-order valence-corrected chi connectivity index (χ2v) is 4.98. The maximum absolute atomic E-state index is 14.9. The number of benzene rings is 1. The number of nitrogens with zero attached hydrogens (tertiary/aromatic N) is 1. The van der Waals surface area contributed by atoms with Gasteiger partial charge in [0, 0.05) is 5.56 Å². The maximum Gasteiger partial charge on any atom is 0.330 e. The largest absolute Gasteiger partial charge is 0.357 e. The van der Waals surface area contributed by atoms with Crippen LogP contribution in [0.1, 0.15) is 23.0 Å². The van der Waals surface area contributed by atoms with E-state index in [1.807, 2.05) is 4.98 Å². The Labute approximate surface area is 135 Å². The van der Waals surface area contributed by atoms with Crippen LogP contribution < -0.4 is 11.2 Å². The molecule has 5 nitrogen and oxygen atoms in total. The maximum atomic E-state index is 14.9. The summed E-state index contributed by atoms with van der Waals surface area (Å²) in [6, 6.07) is 2.88. The number of ether oxygens (including phenoxy) is 1. The Hall–Kier alpha value is -2.61. The number of H-pyrrole nitrogens is 1. The van der Waals surface area contributed by atoms with Crippen LogP contribution in [0.3, 0.4) is 0 Å². The number of halogens is 3. The fourth-order valence-electron chi connectivity index (χ4n) is 2.26. The zero-order chi connectivity index (χ0) is 17.9. The third-order valence-corrected chi connectivity index (χ3v) is 3.43. The summed E-state index contributed by atoms with van der Waals surface area (Å²) in [5.74, 6) is -2.23. The van der Waals surface area contributed by atoms with E-state index in [2.05, 4.69) is 6.58 Å². The molecule has 1 unspecified atom stereocenters. The second-order valence-electron chi connectivity index (χ2n) is 4.98. The molecule has 2 aromatic rings. The van der Waals surface area contributed by atoms with E-state index in [1.165, 1.54) is 13.0 Å². The average molecular weight is 340 g/mol. The summed E-state index contributed by atoms with van der Waals surface area (Å²) in [5.41, 5.74) is -3.29. The summed E-state index contributed by atoms with van der Waals surface area (Å²) in [6.45, 7) is 4.34. The van der Waals surface area contributed by atoms with E-state index < -0.39 is 47.0 Å². The summed E-state index contributed by atoms with van der Waals surface area (Å²) in [4.78, 5) is 25.7. The number of alkyl halides is 1. The molecule has 1 aromatic carbocycles. The fourth-order valence-corrected chi connectivity index (χ4v) is 2.26. The minimum atomic E-state index is -2.35. The lowest BCUT2D eigenvalue weighted by atomic mass is 10.0. The summed E-state index contributed by atoms with van der Waals surface area (Å²) in [6.07, 6.45) is -0.944. The minimum Gasteiger partial charge on any atom is -0.357 e. The molecule has 128 valence electrons. The number of rotatable bonds is 6. The van der Waals surface area contributed by atoms with Gasteiger partial charge in [0.15, 0.2) is 6.17 Å². The van der Waals surface area contributed by atoms with E-state index in [0.717, 1.165) is 22.8 Å². The highest BCUT2D eigenvalue weighted by molar-refractivity contribution is 5.32. The van der Waals surface area contributed by atoms with Crippen molar-refractivity contribution < 1.29 is 17.9 Å². The molecule has 0 saturated heterocycles. The Kier molecular flexibility index (Phi) is 5.40. The van der Waals surface area contributed by atoms with Crippen LogP contribution in [-0.2, 0) is 11.5 Å². The van der Waals surface area contributed by atoms with Gasteiger partial charge in [-0.05, 0) is 19.1 Å². The lowest BCUT2D eigenvalue weighted by Crippen LogP contribution is -2.36. The molecule has 0 bridgehead atoms. The Morgan fingerprint density at radius 1 is 1.33 bits per heavy atom. The van der Waals surface area contributed by atoms with Crippen molar-refractivity contribution in [1.82, 2.24) is 9.55 Å². The van der Waals surface area contributed by atoms with E-state index in [0.29, 0.717) is 0 Å². The van der Waals surface area contributed by atoms with Crippen LogP contribution in [-0.4, -0.2) is 16.2 Å². The zero-order valence-corrected chi connectivity index (χ0v) is 12.8. The van der Waals surface area contributed by atoms with E-state index >= 15 is 0 Å². The normalized spacial score (nSPS) is 12.2. The molecule has 1 aromatic heterocycles. The zero-order valence-electron chi connectivity index (χ0n) is 12.8. The summed E-state index contributed by atoms with van der Waals surface area (Å²) < 4.78 is 48.5. The molecule has 1 N–H and O–H groups in total. The van der Waals surface area contributed by atoms with Crippen LogP contribution in [0.5, 0.6) is 0 Å². The molecule has 0 aliphatic rings. The van der Waals surface area contributed by atoms with Gasteiger partial charge in [-0.15, -0.1) is 6.58 Å². The van der Waals surface area contributed by atoms with Gasteiger partial charge in [-0.25, -0.2) is 18.0 Å². The van der Waals surface area contributed by atoms with Gasteiger partial charge in [0.05, 0.1) is 17.9 Å². The molecule has 24 heavy (non-hydrogen) atoms. The number of nitrogens with one attached hydrogen (secondary N) is 1. The van der Waals surface area contributed by atoms with Crippen LogP contribution in [0.4, 0.5) is 13.2 Å². The Balaban J connectivity index is 2.65. The second kappa shape index (κ2) is 7.31. The third kappa shape index (κ3) is 3.33. The number of aromatic nitrogens is 2. The topological polar surface area (TPSA) is 64.1 Å². The molecule has 0 fully saturated rings. The predicted molar refractivity (Wildman–Crippen MR) is 81.5 cm³/mol. The third-order valence-electron chi connectivity index (χ3n) is 3.43. The first-order valence-electron chi connectivity index (χ1n) is 6.98. The summed E-state index contributed by atoms with van der Waals surface area (Å²) >= 11 is 0. The van der Waals surface area contributed by atoms with Crippen LogP contribution >= 0.6 is 0 Å². The summed E-state index contributed by atoms with van der Waals surface area (Å²) in [7, 11) is 0. The molecule has 1 atom stereocenters. The van der Waals surface area contributed by atoms with Gasteiger partial charge in [0.2, 0.25) is 0 Å². The van der Waals surface area contributed by atoms with E-state index in [1.54, 1.807) is 0 Å². The van der Waals surface area contributed by atoms with Crippen molar-refractivity contribution in [2.45, 2.75) is 19.8 Å². The van der Waals surface area contributed by atoms with E-state index in [-0.39, 0.29) is 12.2 Å². The van der Waals surface area contributed by atoms with Gasteiger partial charge < -0.3 is 4.74 Å². The number of hydrogen-bond acceptors (Lipinski definition) is 3. The molecule has 1 heterocycles. The first-order chi connectivity index (χ1) is 11.4. The Bertz CT molecular complexity index is 854. The van der Waals surface area contributed by atoms with E-state index in [9.17, 15) is 22.8 Å². The smallest absolute Gasteiger partial charge is 0.330 e. The van der Waals surface area contributed by atoms with Crippen LogP contribution in [0, 0.1) is 18.6 Å².